The fourth-order valence-corrected chi connectivity index (χ4v) is 1.66. The van der Waals surface area contributed by atoms with Crippen LogP contribution in [0.5, 0.6) is 0 Å². The molecule has 0 aromatic heterocycles. The normalized spacial score (nSPS) is 12.7. The molecule has 0 bridgehead atoms. The van der Waals surface area contributed by atoms with Crippen molar-refractivity contribution in [1.82, 2.24) is 5.32 Å². The van der Waals surface area contributed by atoms with E-state index in [9.17, 15) is 9.59 Å². The van der Waals surface area contributed by atoms with Gasteiger partial charge in [-0.05, 0) is 17.0 Å². The number of amides is 2. The van der Waals surface area contributed by atoms with Crippen molar-refractivity contribution < 1.29 is 9.59 Å². The summed E-state index contributed by atoms with van der Waals surface area (Å²) in [6, 6.07) is 6.61. The number of nitrogens with one attached hydrogen (secondary N) is 2. The quantitative estimate of drug-likeness (QED) is 0.775. The second-order valence-electron chi connectivity index (χ2n) is 5.84. The van der Waals surface area contributed by atoms with Crippen LogP contribution in [0.1, 0.15) is 26.3 Å². The van der Waals surface area contributed by atoms with Crippen LogP contribution in [-0.2, 0) is 16.0 Å². The molecule has 0 aliphatic heterocycles. The molecule has 110 valence electrons. The number of carbonyl (C=O) groups is 2. The van der Waals surface area contributed by atoms with E-state index in [4.69, 9.17) is 5.73 Å². The Morgan fingerprint density at radius 1 is 1.25 bits per heavy atom. The molecule has 0 fully saturated rings. The van der Waals surface area contributed by atoms with Gasteiger partial charge in [-0.3, -0.25) is 9.59 Å². The first-order valence-electron chi connectivity index (χ1n) is 6.60. The van der Waals surface area contributed by atoms with Crippen molar-refractivity contribution in [3.63, 3.8) is 0 Å². The predicted octanol–water partition coefficient (Wildman–Crippen LogP) is 1.29. The third-order valence-electron chi connectivity index (χ3n) is 3.12. The monoisotopic (exact) mass is 277 g/mol. The molecule has 0 heterocycles. The standard InChI is InChI=1S/C15H23N3O2/c1-15(2,3)13(16)14(20)18-11-8-6-5-7-10(11)9-12(19)17-4/h5-8,13H,9,16H2,1-4H3,(H,17,19)(H,18,20)/t13-/m1/s1. The van der Waals surface area contributed by atoms with Gasteiger partial charge in [0.05, 0.1) is 12.5 Å². The van der Waals surface area contributed by atoms with Crippen molar-refractivity contribution in [3.05, 3.63) is 29.8 Å². The number of carbonyl (C=O) groups excluding carboxylic acids is 2. The van der Waals surface area contributed by atoms with Crippen molar-refractivity contribution in [2.45, 2.75) is 33.2 Å². The first-order valence-corrected chi connectivity index (χ1v) is 6.60. The molecule has 0 aliphatic rings. The number of hydrogen-bond donors (Lipinski definition) is 3. The molecule has 1 rings (SSSR count). The molecule has 20 heavy (non-hydrogen) atoms. The van der Waals surface area contributed by atoms with Gasteiger partial charge < -0.3 is 16.4 Å². The van der Waals surface area contributed by atoms with Crippen LogP contribution in [0.2, 0.25) is 0 Å². The maximum atomic E-state index is 12.1. The van der Waals surface area contributed by atoms with Crippen LogP contribution < -0.4 is 16.4 Å². The van der Waals surface area contributed by atoms with Gasteiger partial charge in [0.15, 0.2) is 0 Å². The molecule has 0 unspecified atom stereocenters. The summed E-state index contributed by atoms with van der Waals surface area (Å²) in [4.78, 5) is 23.6. The van der Waals surface area contributed by atoms with Crippen LogP contribution in [0.3, 0.4) is 0 Å². The topological polar surface area (TPSA) is 84.2 Å². The lowest BCUT2D eigenvalue weighted by atomic mass is 9.87. The molecule has 0 saturated carbocycles. The van der Waals surface area contributed by atoms with Gasteiger partial charge in [-0.15, -0.1) is 0 Å². The summed E-state index contributed by atoms with van der Waals surface area (Å²) in [5.41, 5.74) is 7.00. The van der Waals surface area contributed by atoms with Crippen molar-refractivity contribution in [2.75, 3.05) is 12.4 Å². The molecule has 1 atom stereocenters. The van der Waals surface area contributed by atoms with Crippen molar-refractivity contribution in [1.29, 1.82) is 0 Å². The molecule has 0 spiro atoms. The van der Waals surface area contributed by atoms with Crippen LogP contribution in [0.25, 0.3) is 0 Å². The minimum atomic E-state index is -0.615. The molecule has 0 saturated heterocycles. The number of para-hydroxylation sites is 1. The van der Waals surface area contributed by atoms with E-state index < -0.39 is 6.04 Å². The molecule has 1 aromatic carbocycles. The highest BCUT2D eigenvalue weighted by Crippen LogP contribution is 2.21. The van der Waals surface area contributed by atoms with Crippen LogP contribution >= 0.6 is 0 Å². The number of likely N-dealkylation sites (N-methyl/N-ethyl adjacent to an activating group) is 1. The average Bonchev–Trinajstić information content (AvgIpc) is 2.38. The van der Waals surface area contributed by atoms with Crippen LogP contribution in [0, 0.1) is 5.41 Å². The molecular weight excluding hydrogens is 254 g/mol. The van der Waals surface area contributed by atoms with Gasteiger partial charge in [0, 0.05) is 12.7 Å². The Labute approximate surface area is 119 Å². The van der Waals surface area contributed by atoms with Crippen molar-refractivity contribution >= 4 is 17.5 Å². The lowest BCUT2D eigenvalue weighted by Crippen LogP contribution is -2.45. The van der Waals surface area contributed by atoms with Gasteiger partial charge in [0.25, 0.3) is 0 Å². The van der Waals surface area contributed by atoms with Crippen molar-refractivity contribution in [3.8, 4) is 0 Å². The molecule has 0 aliphatic carbocycles. The fourth-order valence-electron chi connectivity index (χ4n) is 1.66. The molecule has 4 N–H and O–H groups in total. The van der Waals surface area contributed by atoms with Gasteiger partial charge in [0.2, 0.25) is 11.8 Å². The second kappa shape index (κ2) is 6.52. The highest BCUT2D eigenvalue weighted by molar-refractivity contribution is 5.96. The van der Waals surface area contributed by atoms with Crippen LogP contribution in [-0.4, -0.2) is 24.9 Å². The van der Waals surface area contributed by atoms with E-state index in [1.54, 1.807) is 13.1 Å². The minimum absolute atomic E-state index is 0.105. The summed E-state index contributed by atoms with van der Waals surface area (Å²) in [7, 11) is 1.58. The minimum Gasteiger partial charge on any atom is -0.359 e. The molecule has 5 heteroatoms. The summed E-state index contributed by atoms with van der Waals surface area (Å²) in [5, 5.41) is 5.37. The number of hydrogen-bond acceptors (Lipinski definition) is 3. The molecular formula is C15H23N3O2. The highest BCUT2D eigenvalue weighted by Gasteiger charge is 2.27. The zero-order valence-electron chi connectivity index (χ0n) is 12.5. The Bertz CT molecular complexity index is 492. The van der Waals surface area contributed by atoms with E-state index in [2.05, 4.69) is 10.6 Å². The zero-order chi connectivity index (χ0) is 15.3. The van der Waals surface area contributed by atoms with E-state index in [-0.39, 0.29) is 23.7 Å². The number of rotatable bonds is 4. The van der Waals surface area contributed by atoms with Crippen molar-refractivity contribution in [2.24, 2.45) is 11.1 Å². The number of anilines is 1. The first-order chi connectivity index (χ1) is 9.25. The Morgan fingerprint density at radius 3 is 2.40 bits per heavy atom. The SMILES string of the molecule is CNC(=O)Cc1ccccc1NC(=O)[C@@H](N)C(C)(C)C. The van der Waals surface area contributed by atoms with Gasteiger partial charge >= 0.3 is 0 Å². The summed E-state index contributed by atoms with van der Waals surface area (Å²) in [6.45, 7) is 5.73. The second-order valence-corrected chi connectivity index (χ2v) is 5.84. The van der Waals surface area contributed by atoms with E-state index in [0.29, 0.717) is 5.69 Å². The largest absolute Gasteiger partial charge is 0.359 e. The summed E-state index contributed by atoms with van der Waals surface area (Å²) < 4.78 is 0. The van der Waals surface area contributed by atoms with Gasteiger partial charge in [-0.25, -0.2) is 0 Å². The third kappa shape index (κ3) is 4.35. The highest BCUT2D eigenvalue weighted by atomic mass is 16.2. The van der Waals surface area contributed by atoms with Gasteiger partial charge in [0.1, 0.15) is 0 Å². The third-order valence-corrected chi connectivity index (χ3v) is 3.12. The van der Waals surface area contributed by atoms with Crippen LogP contribution in [0.15, 0.2) is 24.3 Å². The van der Waals surface area contributed by atoms with Crippen LogP contribution in [0.4, 0.5) is 5.69 Å². The summed E-state index contributed by atoms with van der Waals surface area (Å²) >= 11 is 0. The van der Waals surface area contributed by atoms with E-state index in [1.165, 1.54) is 0 Å². The van der Waals surface area contributed by atoms with E-state index >= 15 is 0 Å². The van der Waals surface area contributed by atoms with Gasteiger partial charge in [-0.1, -0.05) is 39.0 Å². The Morgan fingerprint density at radius 2 is 1.85 bits per heavy atom. The Hall–Kier alpha value is -1.88. The smallest absolute Gasteiger partial charge is 0.241 e. The lowest BCUT2D eigenvalue weighted by molar-refractivity contribution is -0.120. The summed E-state index contributed by atoms with van der Waals surface area (Å²) in [5.74, 6) is -0.353. The molecule has 0 radical (unpaired) electrons. The number of nitrogens with two attached hydrogens (primary N) is 1. The first kappa shape index (κ1) is 16.2. The van der Waals surface area contributed by atoms with E-state index in [1.807, 2.05) is 39.0 Å². The zero-order valence-corrected chi connectivity index (χ0v) is 12.5. The predicted molar refractivity (Wildman–Crippen MR) is 80.3 cm³/mol. The maximum absolute atomic E-state index is 12.1. The van der Waals surface area contributed by atoms with E-state index in [0.717, 1.165) is 5.56 Å². The molecule has 2 amide bonds. The fraction of sp³-hybridized carbons (Fsp3) is 0.467. The summed E-state index contributed by atoms with van der Waals surface area (Å²) in [6.07, 6.45) is 0.220. The Kier molecular flexibility index (Phi) is 5.27. The molecule has 1 aromatic rings. The van der Waals surface area contributed by atoms with Gasteiger partial charge in [-0.2, -0.15) is 0 Å². The maximum Gasteiger partial charge on any atom is 0.241 e. The molecule has 5 nitrogen and oxygen atoms in total. The Balaban J connectivity index is 2.87. The number of benzene rings is 1. The lowest BCUT2D eigenvalue weighted by Gasteiger charge is -2.26. The average molecular weight is 277 g/mol.